The molecule has 0 aliphatic heterocycles. The first-order chi connectivity index (χ1) is 3.80. The summed E-state index contributed by atoms with van der Waals surface area (Å²) in [6.45, 7) is 0. The summed E-state index contributed by atoms with van der Waals surface area (Å²) in [6, 6.07) is 0. The molecule has 0 spiro atoms. The fraction of sp³-hybridized carbons (Fsp3) is 0.333. The molecule has 1 aliphatic carbocycles. The minimum Gasteiger partial charge on any atom is -0.401 e. The van der Waals surface area contributed by atoms with E-state index < -0.39 is 0 Å². The first-order valence-electron chi connectivity index (χ1n) is 2.57. The maximum atomic E-state index is 5.58. The Morgan fingerprint density at radius 2 is 2.50 bits per heavy atom. The van der Waals surface area contributed by atoms with Crippen LogP contribution >= 0.6 is 22.6 Å². The molecule has 0 aromatic rings. The lowest BCUT2D eigenvalue weighted by atomic mass is 10.1. The van der Waals surface area contributed by atoms with E-state index in [0.717, 1.165) is 12.1 Å². The van der Waals surface area contributed by atoms with Gasteiger partial charge in [0.1, 0.15) is 0 Å². The molecule has 2 N–H and O–H groups in total. The van der Waals surface area contributed by atoms with E-state index in [2.05, 4.69) is 28.7 Å². The van der Waals surface area contributed by atoms with Crippen LogP contribution < -0.4 is 5.73 Å². The van der Waals surface area contributed by atoms with Crippen LogP contribution in [0.4, 0.5) is 0 Å². The van der Waals surface area contributed by atoms with Gasteiger partial charge in [0.25, 0.3) is 0 Å². The quantitative estimate of drug-likeness (QED) is 0.487. The number of rotatable bonds is 0. The molecule has 1 atom stereocenters. The molecule has 2 heteroatoms. The van der Waals surface area contributed by atoms with Gasteiger partial charge in [-0.1, -0.05) is 34.7 Å². The Kier molecular flexibility index (Phi) is 1.94. The largest absolute Gasteiger partial charge is 0.401 e. The van der Waals surface area contributed by atoms with Crippen LogP contribution in [0.5, 0.6) is 0 Å². The van der Waals surface area contributed by atoms with E-state index in [1.165, 1.54) is 0 Å². The maximum absolute atomic E-state index is 5.58. The highest BCUT2D eigenvalue weighted by atomic mass is 127. The molecule has 0 bridgehead atoms. The monoisotopic (exact) mass is 221 g/mol. The van der Waals surface area contributed by atoms with Gasteiger partial charge < -0.3 is 5.73 Å². The molecular weight excluding hydrogens is 213 g/mol. The molecule has 0 saturated heterocycles. The second-order valence-corrected chi connectivity index (χ2v) is 3.30. The standard InChI is InChI=1S/C6H8IN/c7-5-3-1-2-4-6(5)8/h1-2,4-5H,3,8H2. The summed E-state index contributed by atoms with van der Waals surface area (Å²) in [7, 11) is 0. The number of allylic oxidation sites excluding steroid dienone is 4. The Labute approximate surface area is 62.8 Å². The van der Waals surface area contributed by atoms with E-state index in [1.807, 2.05) is 12.2 Å². The maximum Gasteiger partial charge on any atom is 0.0539 e. The smallest absolute Gasteiger partial charge is 0.0539 e. The molecule has 0 saturated carbocycles. The Balaban J connectivity index is 2.66. The van der Waals surface area contributed by atoms with E-state index in [0.29, 0.717) is 3.92 Å². The van der Waals surface area contributed by atoms with Crippen LogP contribution in [0.1, 0.15) is 6.42 Å². The van der Waals surface area contributed by atoms with Gasteiger partial charge in [-0.2, -0.15) is 0 Å². The predicted molar refractivity (Wildman–Crippen MR) is 43.8 cm³/mol. The third-order valence-electron chi connectivity index (χ3n) is 1.13. The van der Waals surface area contributed by atoms with Gasteiger partial charge in [-0.05, 0) is 12.5 Å². The molecule has 0 aromatic carbocycles. The summed E-state index contributed by atoms with van der Waals surface area (Å²) >= 11 is 2.34. The summed E-state index contributed by atoms with van der Waals surface area (Å²) in [5, 5.41) is 0. The van der Waals surface area contributed by atoms with Gasteiger partial charge in [0.15, 0.2) is 0 Å². The van der Waals surface area contributed by atoms with E-state index in [9.17, 15) is 0 Å². The van der Waals surface area contributed by atoms with Crippen molar-refractivity contribution in [3.05, 3.63) is 23.9 Å². The van der Waals surface area contributed by atoms with E-state index in [-0.39, 0.29) is 0 Å². The van der Waals surface area contributed by atoms with Crippen molar-refractivity contribution in [3.63, 3.8) is 0 Å². The SMILES string of the molecule is NC1=CC=CCC1I. The lowest BCUT2D eigenvalue weighted by Crippen LogP contribution is -2.11. The molecule has 0 fully saturated rings. The second kappa shape index (κ2) is 2.53. The van der Waals surface area contributed by atoms with Crippen molar-refractivity contribution in [2.24, 2.45) is 5.73 Å². The Hall–Kier alpha value is 0.01000. The fourth-order valence-electron chi connectivity index (χ4n) is 0.618. The van der Waals surface area contributed by atoms with Gasteiger partial charge in [0, 0.05) is 5.70 Å². The highest BCUT2D eigenvalue weighted by Crippen LogP contribution is 2.16. The molecule has 8 heavy (non-hydrogen) atoms. The van der Waals surface area contributed by atoms with Crippen molar-refractivity contribution in [2.45, 2.75) is 10.3 Å². The Morgan fingerprint density at radius 1 is 1.75 bits per heavy atom. The van der Waals surface area contributed by atoms with E-state index in [1.54, 1.807) is 0 Å². The van der Waals surface area contributed by atoms with Gasteiger partial charge >= 0.3 is 0 Å². The van der Waals surface area contributed by atoms with Crippen molar-refractivity contribution in [1.82, 2.24) is 0 Å². The predicted octanol–water partition coefficient (Wildman–Crippen LogP) is 1.59. The zero-order valence-corrected chi connectivity index (χ0v) is 6.63. The van der Waals surface area contributed by atoms with Gasteiger partial charge in [-0.25, -0.2) is 0 Å². The number of hydrogen-bond donors (Lipinski definition) is 1. The van der Waals surface area contributed by atoms with Gasteiger partial charge in [-0.15, -0.1) is 0 Å². The first-order valence-corrected chi connectivity index (χ1v) is 3.81. The first kappa shape index (κ1) is 6.13. The molecule has 1 unspecified atom stereocenters. The van der Waals surface area contributed by atoms with Crippen LogP contribution in [-0.4, -0.2) is 3.92 Å². The molecule has 44 valence electrons. The lowest BCUT2D eigenvalue weighted by Gasteiger charge is -2.09. The summed E-state index contributed by atoms with van der Waals surface area (Å²) in [5.74, 6) is 0. The molecular formula is C6H8IN. The minimum atomic E-state index is 0.526. The number of halogens is 1. The van der Waals surface area contributed by atoms with Gasteiger partial charge in [0.05, 0.1) is 3.92 Å². The van der Waals surface area contributed by atoms with Crippen LogP contribution in [0.2, 0.25) is 0 Å². The third-order valence-corrected chi connectivity index (χ3v) is 2.36. The second-order valence-electron chi connectivity index (χ2n) is 1.80. The van der Waals surface area contributed by atoms with Crippen LogP contribution in [0.3, 0.4) is 0 Å². The average molecular weight is 221 g/mol. The van der Waals surface area contributed by atoms with Crippen molar-refractivity contribution >= 4 is 22.6 Å². The van der Waals surface area contributed by atoms with Crippen molar-refractivity contribution in [2.75, 3.05) is 0 Å². The molecule has 0 radical (unpaired) electrons. The number of alkyl halides is 1. The highest BCUT2D eigenvalue weighted by molar-refractivity contribution is 14.1. The molecule has 0 amide bonds. The summed E-state index contributed by atoms with van der Waals surface area (Å²) in [6.07, 6.45) is 7.18. The Bertz CT molecular complexity index is 137. The van der Waals surface area contributed by atoms with Crippen LogP contribution in [0.25, 0.3) is 0 Å². The van der Waals surface area contributed by atoms with Crippen molar-refractivity contribution in [3.8, 4) is 0 Å². The van der Waals surface area contributed by atoms with E-state index >= 15 is 0 Å². The van der Waals surface area contributed by atoms with Gasteiger partial charge in [-0.3, -0.25) is 0 Å². The van der Waals surface area contributed by atoms with Crippen LogP contribution in [-0.2, 0) is 0 Å². The number of nitrogens with two attached hydrogens (primary N) is 1. The number of hydrogen-bond acceptors (Lipinski definition) is 1. The normalized spacial score (nSPS) is 27.6. The van der Waals surface area contributed by atoms with Crippen LogP contribution in [0, 0.1) is 0 Å². The topological polar surface area (TPSA) is 26.0 Å². The summed E-state index contributed by atoms with van der Waals surface area (Å²) in [4.78, 5) is 0. The average Bonchev–Trinajstić information content (AvgIpc) is 1.77. The molecule has 1 aliphatic rings. The lowest BCUT2D eigenvalue weighted by molar-refractivity contribution is 0.996. The third kappa shape index (κ3) is 1.24. The van der Waals surface area contributed by atoms with Crippen LogP contribution in [0.15, 0.2) is 23.9 Å². The zero-order valence-electron chi connectivity index (χ0n) is 4.47. The minimum absolute atomic E-state index is 0.526. The molecule has 0 heterocycles. The van der Waals surface area contributed by atoms with Gasteiger partial charge in [0.2, 0.25) is 0 Å². The molecule has 1 rings (SSSR count). The van der Waals surface area contributed by atoms with Crippen molar-refractivity contribution in [1.29, 1.82) is 0 Å². The molecule has 1 nitrogen and oxygen atoms in total. The molecule has 0 aromatic heterocycles. The van der Waals surface area contributed by atoms with E-state index in [4.69, 9.17) is 5.73 Å². The Morgan fingerprint density at radius 3 is 2.88 bits per heavy atom. The zero-order chi connectivity index (χ0) is 5.98. The summed E-state index contributed by atoms with van der Waals surface area (Å²) < 4.78 is 0.526. The summed E-state index contributed by atoms with van der Waals surface area (Å²) in [5.41, 5.74) is 6.57. The van der Waals surface area contributed by atoms with Crippen molar-refractivity contribution < 1.29 is 0 Å². The fourth-order valence-corrected chi connectivity index (χ4v) is 1.12. The highest BCUT2D eigenvalue weighted by Gasteiger charge is 2.05.